The van der Waals surface area contributed by atoms with Crippen LogP contribution >= 0.6 is 0 Å². The average Bonchev–Trinajstić information content (AvgIpc) is 3.62. The Morgan fingerprint density at radius 1 is 1.13 bits per heavy atom. The molecule has 38 heavy (non-hydrogen) atoms. The zero-order valence-electron chi connectivity index (χ0n) is 24.2. The second-order valence-electron chi connectivity index (χ2n) is 12.8. The molecule has 0 radical (unpaired) electrons. The number of aromatic nitrogens is 2. The number of nitrogens with one attached hydrogen (secondary N) is 1. The molecule has 0 spiro atoms. The second-order valence-corrected chi connectivity index (χ2v) is 12.8. The molecule has 1 aromatic rings. The highest BCUT2D eigenvalue weighted by Gasteiger charge is 2.52. The first-order chi connectivity index (χ1) is 17.7. The van der Waals surface area contributed by atoms with E-state index in [1.165, 1.54) is 0 Å². The van der Waals surface area contributed by atoms with Crippen LogP contribution in [-0.2, 0) is 18.8 Å². The average molecular weight is 529 g/mol. The molecule has 11 heteroatoms. The molecule has 2 atom stereocenters. The number of anilines is 1. The Kier molecular flexibility index (Phi) is 8.01. The van der Waals surface area contributed by atoms with Gasteiger partial charge in [0.05, 0.1) is 11.2 Å². The maximum Gasteiger partial charge on any atom is 0.498 e. The van der Waals surface area contributed by atoms with Gasteiger partial charge in [0.2, 0.25) is 11.9 Å². The van der Waals surface area contributed by atoms with Gasteiger partial charge in [-0.15, -0.1) is 0 Å². The fraction of sp³-hybridized carbons (Fsp3) is 0.778. The number of likely N-dealkylation sites (tertiary alicyclic amines) is 1. The highest BCUT2D eigenvalue weighted by molar-refractivity contribution is 6.61. The lowest BCUT2D eigenvalue weighted by molar-refractivity contribution is -0.136. The predicted molar refractivity (Wildman–Crippen MR) is 146 cm³/mol. The van der Waals surface area contributed by atoms with Crippen LogP contribution in [0, 0.1) is 0 Å². The minimum Gasteiger partial charge on any atom is -0.444 e. The lowest BCUT2D eigenvalue weighted by Gasteiger charge is -2.40. The maximum atomic E-state index is 13.4. The van der Waals surface area contributed by atoms with Crippen molar-refractivity contribution in [2.75, 3.05) is 18.0 Å². The molecule has 2 aliphatic heterocycles. The van der Waals surface area contributed by atoms with E-state index in [4.69, 9.17) is 24.0 Å². The summed E-state index contributed by atoms with van der Waals surface area (Å²) in [7, 11) is -0.506. The van der Waals surface area contributed by atoms with E-state index >= 15 is 0 Å². The SMILES string of the molecule is CC(NC(=O)OC(C)(C)C)C(=O)N1CCCCC1CN(c1ncc(B2OC(C)(C)C(C)(C)O2)cn1)C1CC1. The van der Waals surface area contributed by atoms with Crippen molar-refractivity contribution in [2.24, 2.45) is 0 Å². The Morgan fingerprint density at radius 3 is 2.29 bits per heavy atom. The fourth-order valence-electron chi connectivity index (χ4n) is 4.86. The standard InChI is InChI=1S/C27H44BN5O5/c1-18(31-24(35)36-25(2,3)4)22(34)32-14-10-9-11-21(32)17-33(20-12-13-20)23-29-15-19(16-30-23)28-37-26(5,6)27(7,8)38-28/h15-16,18,20-21H,9-14,17H2,1-8H3,(H,31,35). The third kappa shape index (κ3) is 6.59. The smallest absolute Gasteiger partial charge is 0.444 e. The van der Waals surface area contributed by atoms with Gasteiger partial charge in [0.25, 0.3) is 0 Å². The Labute approximate surface area is 227 Å². The monoisotopic (exact) mass is 529 g/mol. The van der Waals surface area contributed by atoms with Crippen LogP contribution < -0.4 is 15.7 Å². The first-order valence-electron chi connectivity index (χ1n) is 13.9. The van der Waals surface area contributed by atoms with Crippen molar-refractivity contribution in [1.82, 2.24) is 20.2 Å². The highest BCUT2D eigenvalue weighted by Crippen LogP contribution is 2.36. The Morgan fingerprint density at radius 2 is 1.74 bits per heavy atom. The Balaban J connectivity index is 1.43. The number of ether oxygens (including phenoxy) is 1. The lowest BCUT2D eigenvalue weighted by atomic mass is 9.81. The van der Waals surface area contributed by atoms with Gasteiger partial charge >= 0.3 is 13.2 Å². The topological polar surface area (TPSA) is 106 Å². The molecule has 3 heterocycles. The van der Waals surface area contributed by atoms with E-state index in [0.717, 1.165) is 37.6 Å². The molecule has 1 aromatic heterocycles. The number of nitrogens with zero attached hydrogens (tertiary/aromatic N) is 4. The van der Waals surface area contributed by atoms with Crippen LogP contribution in [0.1, 0.15) is 87.5 Å². The van der Waals surface area contributed by atoms with Gasteiger partial charge in [-0.25, -0.2) is 14.8 Å². The minimum atomic E-state index is -0.671. The summed E-state index contributed by atoms with van der Waals surface area (Å²) in [4.78, 5) is 39.2. The molecule has 2 amide bonds. The van der Waals surface area contributed by atoms with Crippen molar-refractivity contribution >= 4 is 30.5 Å². The number of amides is 2. The molecule has 0 aromatic carbocycles. The summed E-state index contributed by atoms with van der Waals surface area (Å²) in [6, 6.07) is -0.282. The Hall–Kier alpha value is -2.40. The summed E-state index contributed by atoms with van der Waals surface area (Å²) in [5.41, 5.74) is -0.686. The number of hydrogen-bond donors (Lipinski definition) is 1. The summed E-state index contributed by atoms with van der Waals surface area (Å²) in [6.45, 7) is 16.6. The predicted octanol–water partition coefficient (Wildman–Crippen LogP) is 3.04. The molecule has 3 fully saturated rings. The van der Waals surface area contributed by atoms with Crippen LogP contribution in [-0.4, -0.2) is 82.0 Å². The van der Waals surface area contributed by atoms with Crippen molar-refractivity contribution in [3.63, 3.8) is 0 Å². The molecular formula is C27H44BN5O5. The summed E-state index contributed by atoms with van der Waals surface area (Å²) in [6.07, 6.45) is 8.07. The summed E-state index contributed by atoms with van der Waals surface area (Å²) in [5, 5.41) is 2.70. The zero-order chi connectivity index (χ0) is 27.9. The van der Waals surface area contributed by atoms with E-state index < -0.39 is 36.1 Å². The number of hydrogen-bond acceptors (Lipinski definition) is 8. The van der Waals surface area contributed by atoms with Gasteiger partial charge in [0.15, 0.2) is 0 Å². The number of carbonyl (C=O) groups excluding carboxylic acids is 2. The molecule has 1 N–H and O–H groups in total. The fourth-order valence-corrected chi connectivity index (χ4v) is 4.86. The molecule has 1 saturated carbocycles. The van der Waals surface area contributed by atoms with Crippen molar-refractivity contribution < 1.29 is 23.6 Å². The molecule has 0 bridgehead atoms. The van der Waals surface area contributed by atoms with Crippen LogP contribution in [0.3, 0.4) is 0 Å². The van der Waals surface area contributed by atoms with Crippen LogP contribution in [0.15, 0.2) is 12.4 Å². The Bertz CT molecular complexity index is 992. The summed E-state index contributed by atoms with van der Waals surface area (Å²) in [5.74, 6) is 0.569. The molecular weight excluding hydrogens is 485 g/mol. The van der Waals surface area contributed by atoms with Gasteiger partial charge < -0.3 is 29.2 Å². The molecule has 2 saturated heterocycles. The largest absolute Gasteiger partial charge is 0.498 e. The van der Waals surface area contributed by atoms with Crippen LogP contribution in [0.4, 0.5) is 10.7 Å². The third-order valence-corrected chi connectivity index (χ3v) is 7.85. The lowest BCUT2D eigenvalue weighted by Crippen LogP contribution is -2.56. The maximum absolute atomic E-state index is 13.4. The van der Waals surface area contributed by atoms with Gasteiger partial charge in [0.1, 0.15) is 11.6 Å². The number of carbonyl (C=O) groups is 2. The summed E-state index contributed by atoms with van der Waals surface area (Å²) >= 11 is 0. The molecule has 1 aliphatic carbocycles. The van der Waals surface area contributed by atoms with E-state index in [0.29, 0.717) is 25.1 Å². The van der Waals surface area contributed by atoms with Crippen molar-refractivity contribution in [1.29, 1.82) is 0 Å². The van der Waals surface area contributed by atoms with Crippen LogP contribution in [0.5, 0.6) is 0 Å². The third-order valence-electron chi connectivity index (χ3n) is 7.85. The van der Waals surface area contributed by atoms with Gasteiger partial charge in [-0.2, -0.15) is 0 Å². The zero-order valence-corrected chi connectivity index (χ0v) is 24.2. The molecule has 2 unspecified atom stereocenters. The second kappa shape index (κ2) is 10.6. The van der Waals surface area contributed by atoms with Crippen LogP contribution in [0.2, 0.25) is 0 Å². The van der Waals surface area contributed by atoms with E-state index in [1.54, 1.807) is 40.1 Å². The number of piperidine rings is 1. The van der Waals surface area contributed by atoms with E-state index in [-0.39, 0.29) is 11.9 Å². The number of alkyl carbamates (subject to hydrolysis) is 1. The van der Waals surface area contributed by atoms with Gasteiger partial charge in [0, 0.05) is 43.0 Å². The quantitative estimate of drug-likeness (QED) is 0.538. The highest BCUT2D eigenvalue weighted by atomic mass is 16.7. The molecule has 4 rings (SSSR count). The first kappa shape index (κ1) is 28.6. The molecule has 210 valence electrons. The van der Waals surface area contributed by atoms with E-state index in [9.17, 15) is 9.59 Å². The first-order valence-corrected chi connectivity index (χ1v) is 13.9. The number of rotatable bonds is 7. The van der Waals surface area contributed by atoms with E-state index in [1.807, 2.05) is 32.6 Å². The van der Waals surface area contributed by atoms with Gasteiger partial charge in [-0.3, -0.25) is 4.79 Å². The minimum absolute atomic E-state index is 0.0195. The van der Waals surface area contributed by atoms with Gasteiger partial charge in [-0.05, 0) is 87.5 Å². The van der Waals surface area contributed by atoms with Crippen molar-refractivity contribution in [3.05, 3.63) is 12.4 Å². The molecule has 3 aliphatic rings. The van der Waals surface area contributed by atoms with E-state index in [2.05, 4.69) is 10.2 Å². The van der Waals surface area contributed by atoms with Crippen LogP contribution in [0.25, 0.3) is 0 Å². The van der Waals surface area contributed by atoms with Gasteiger partial charge in [-0.1, -0.05) is 0 Å². The summed E-state index contributed by atoms with van der Waals surface area (Å²) < 4.78 is 17.6. The van der Waals surface area contributed by atoms with Crippen molar-refractivity contribution in [2.45, 2.75) is 122 Å². The normalized spacial score (nSPS) is 23.6. The molecule has 10 nitrogen and oxygen atoms in total. The van der Waals surface area contributed by atoms with Crippen molar-refractivity contribution in [3.8, 4) is 0 Å².